The number of ether oxygens (including phenoxy) is 1. The van der Waals surface area contributed by atoms with Gasteiger partial charge in [0.1, 0.15) is 5.75 Å². The van der Waals surface area contributed by atoms with E-state index in [1.54, 1.807) is 43.5 Å². The third-order valence-corrected chi connectivity index (χ3v) is 4.78. The normalized spacial score (nSPS) is 26.2. The van der Waals surface area contributed by atoms with E-state index in [-0.39, 0.29) is 17.9 Å². The number of benzene rings is 2. The summed E-state index contributed by atoms with van der Waals surface area (Å²) in [6, 6.07) is 16.2. The van der Waals surface area contributed by atoms with E-state index in [2.05, 4.69) is 0 Å². The number of hydrogen-bond donors (Lipinski definition) is 0. The Morgan fingerprint density at radius 3 is 2.28 bits per heavy atom. The van der Waals surface area contributed by atoms with Gasteiger partial charge in [-0.15, -0.1) is 0 Å². The molecule has 2 fully saturated rings. The lowest BCUT2D eigenvalue weighted by atomic mass is 9.91. The molecule has 2 aliphatic heterocycles. The number of fused-ring (bicyclic) bond motifs is 1. The Balaban J connectivity index is 1.69. The summed E-state index contributed by atoms with van der Waals surface area (Å²) in [7, 11) is 3.33. The van der Waals surface area contributed by atoms with Gasteiger partial charge < -0.3 is 4.74 Å². The topological polar surface area (TPSA) is 59.1 Å². The van der Waals surface area contributed by atoms with Crippen LogP contribution in [0, 0.1) is 5.92 Å². The van der Waals surface area contributed by atoms with Gasteiger partial charge in [0.15, 0.2) is 6.10 Å². The van der Waals surface area contributed by atoms with Gasteiger partial charge in [-0.05, 0) is 29.8 Å². The van der Waals surface area contributed by atoms with Crippen LogP contribution in [0.1, 0.15) is 11.6 Å². The third-order valence-electron chi connectivity index (χ3n) is 4.78. The molecule has 2 aromatic rings. The molecule has 3 unspecified atom stereocenters. The fourth-order valence-electron chi connectivity index (χ4n) is 3.60. The van der Waals surface area contributed by atoms with Crippen molar-refractivity contribution in [2.45, 2.75) is 12.1 Å². The number of imide groups is 1. The summed E-state index contributed by atoms with van der Waals surface area (Å²) in [5.74, 6) is -0.452. The van der Waals surface area contributed by atoms with E-state index in [0.29, 0.717) is 11.4 Å². The lowest BCUT2D eigenvalue weighted by Crippen LogP contribution is -2.36. The van der Waals surface area contributed by atoms with Crippen LogP contribution in [0.5, 0.6) is 5.75 Å². The first-order chi connectivity index (χ1) is 12.1. The molecule has 6 heteroatoms. The van der Waals surface area contributed by atoms with Crippen molar-refractivity contribution in [2.24, 2.45) is 5.92 Å². The van der Waals surface area contributed by atoms with Gasteiger partial charge in [0.25, 0.3) is 5.91 Å². The van der Waals surface area contributed by atoms with Gasteiger partial charge in [-0.3, -0.25) is 14.4 Å². The Kier molecular flexibility index (Phi) is 3.78. The number of carbonyl (C=O) groups excluding carboxylic acids is 2. The van der Waals surface area contributed by atoms with Crippen LogP contribution in [-0.4, -0.2) is 37.1 Å². The van der Waals surface area contributed by atoms with E-state index >= 15 is 0 Å². The summed E-state index contributed by atoms with van der Waals surface area (Å²) in [4.78, 5) is 32.8. The van der Waals surface area contributed by atoms with Gasteiger partial charge in [0, 0.05) is 7.05 Å². The minimum absolute atomic E-state index is 0.238. The van der Waals surface area contributed by atoms with Crippen molar-refractivity contribution in [3.8, 4) is 5.75 Å². The van der Waals surface area contributed by atoms with Crippen molar-refractivity contribution in [1.29, 1.82) is 0 Å². The second-order valence-electron chi connectivity index (χ2n) is 6.16. The molecule has 0 aliphatic carbocycles. The lowest BCUT2D eigenvalue weighted by molar-refractivity contribution is -0.160. The SMILES string of the molecule is COc1ccc(N2C(=O)C3ON(C)C(c4ccccc4)C3C2=O)cc1. The maximum atomic E-state index is 13.0. The van der Waals surface area contributed by atoms with Gasteiger partial charge in [0.2, 0.25) is 5.91 Å². The Bertz CT molecular complexity index is 806. The van der Waals surface area contributed by atoms with Crippen molar-refractivity contribution >= 4 is 17.5 Å². The Morgan fingerprint density at radius 1 is 0.960 bits per heavy atom. The molecule has 0 saturated carbocycles. The highest BCUT2D eigenvalue weighted by atomic mass is 16.7. The predicted octanol–water partition coefficient (Wildman–Crippen LogP) is 2.17. The Hall–Kier alpha value is -2.70. The van der Waals surface area contributed by atoms with E-state index < -0.39 is 12.0 Å². The molecule has 4 rings (SSSR count). The number of carbonyl (C=O) groups is 2. The van der Waals surface area contributed by atoms with Crippen molar-refractivity contribution in [2.75, 3.05) is 19.1 Å². The van der Waals surface area contributed by atoms with Crippen molar-refractivity contribution in [3.63, 3.8) is 0 Å². The molecule has 2 aliphatic rings. The molecule has 2 aromatic carbocycles. The van der Waals surface area contributed by atoms with Gasteiger partial charge in [-0.25, -0.2) is 4.90 Å². The minimum atomic E-state index is -0.787. The van der Waals surface area contributed by atoms with Crippen LogP contribution in [-0.2, 0) is 14.4 Å². The Morgan fingerprint density at radius 2 is 1.64 bits per heavy atom. The molecular weight excluding hydrogens is 320 g/mol. The molecule has 2 amide bonds. The van der Waals surface area contributed by atoms with E-state index in [0.717, 1.165) is 5.56 Å². The number of hydroxylamine groups is 2. The highest BCUT2D eigenvalue weighted by molar-refractivity contribution is 6.23. The molecule has 128 valence electrons. The number of rotatable bonds is 3. The van der Waals surface area contributed by atoms with Crippen molar-refractivity contribution < 1.29 is 19.2 Å². The monoisotopic (exact) mass is 338 g/mol. The molecule has 0 aromatic heterocycles. The minimum Gasteiger partial charge on any atom is -0.497 e. The summed E-state index contributed by atoms with van der Waals surface area (Å²) in [6.07, 6.45) is -0.787. The molecule has 0 N–H and O–H groups in total. The summed E-state index contributed by atoms with van der Waals surface area (Å²) in [6.45, 7) is 0. The molecule has 0 radical (unpaired) electrons. The number of amides is 2. The lowest BCUT2D eigenvalue weighted by Gasteiger charge is -2.24. The highest BCUT2D eigenvalue weighted by Crippen LogP contribution is 2.44. The number of nitrogens with zero attached hydrogens (tertiary/aromatic N) is 2. The van der Waals surface area contributed by atoms with Crippen LogP contribution in [0.3, 0.4) is 0 Å². The smallest absolute Gasteiger partial charge is 0.265 e. The number of hydrogen-bond acceptors (Lipinski definition) is 5. The second-order valence-corrected chi connectivity index (χ2v) is 6.16. The highest BCUT2D eigenvalue weighted by Gasteiger charge is 2.59. The molecule has 25 heavy (non-hydrogen) atoms. The molecule has 2 saturated heterocycles. The summed E-state index contributed by atoms with van der Waals surface area (Å²) in [5, 5.41) is 1.62. The largest absolute Gasteiger partial charge is 0.497 e. The van der Waals surface area contributed by atoms with E-state index in [1.807, 2.05) is 30.3 Å². The van der Waals surface area contributed by atoms with Gasteiger partial charge in [-0.1, -0.05) is 30.3 Å². The molecule has 2 heterocycles. The number of anilines is 1. The third kappa shape index (κ3) is 2.42. The van der Waals surface area contributed by atoms with Gasteiger partial charge in [0.05, 0.1) is 24.8 Å². The molecule has 6 nitrogen and oxygen atoms in total. The summed E-state index contributed by atoms with van der Waals surface area (Å²) in [5.41, 5.74) is 1.48. The van der Waals surface area contributed by atoms with Crippen LogP contribution < -0.4 is 9.64 Å². The zero-order valence-electron chi connectivity index (χ0n) is 14.0. The fourth-order valence-corrected chi connectivity index (χ4v) is 3.60. The quantitative estimate of drug-likeness (QED) is 0.803. The average Bonchev–Trinajstić information content (AvgIpc) is 3.10. The van der Waals surface area contributed by atoms with E-state index in [4.69, 9.17) is 9.57 Å². The summed E-state index contributed by atoms with van der Waals surface area (Å²) < 4.78 is 5.13. The van der Waals surface area contributed by atoms with Gasteiger partial charge in [-0.2, -0.15) is 5.06 Å². The first kappa shape index (κ1) is 15.8. The molecular formula is C19H18N2O4. The van der Waals surface area contributed by atoms with Crippen LogP contribution >= 0.6 is 0 Å². The van der Waals surface area contributed by atoms with Crippen molar-refractivity contribution in [3.05, 3.63) is 60.2 Å². The van der Waals surface area contributed by atoms with E-state index in [1.165, 1.54) is 4.90 Å². The molecule has 3 atom stereocenters. The first-order valence-electron chi connectivity index (χ1n) is 8.08. The summed E-state index contributed by atoms with van der Waals surface area (Å²) >= 11 is 0. The van der Waals surface area contributed by atoms with E-state index in [9.17, 15) is 9.59 Å². The second kappa shape index (κ2) is 5.98. The molecule has 0 bridgehead atoms. The zero-order chi connectivity index (χ0) is 17.6. The maximum Gasteiger partial charge on any atom is 0.265 e. The zero-order valence-corrected chi connectivity index (χ0v) is 14.0. The van der Waals surface area contributed by atoms with Crippen LogP contribution in [0.25, 0.3) is 0 Å². The fraction of sp³-hybridized carbons (Fsp3) is 0.263. The number of methoxy groups -OCH3 is 1. The predicted molar refractivity (Wildman–Crippen MR) is 90.8 cm³/mol. The van der Waals surface area contributed by atoms with Crippen LogP contribution in [0.4, 0.5) is 5.69 Å². The molecule has 0 spiro atoms. The Labute approximate surface area is 145 Å². The van der Waals surface area contributed by atoms with Crippen LogP contribution in [0.15, 0.2) is 54.6 Å². The van der Waals surface area contributed by atoms with Crippen LogP contribution in [0.2, 0.25) is 0 Å². The van der Waals surface area contributed by atoms with Gasteiger partial charge >= 0.3 is 0 Å². The standard InChI is InChI=1S/C19H18N2O4/c1-20-16(12-6-4-3-5-7-12)15-17(25-20)19(23)21(18(15)22)13-8-10-14(24-2)11-9-13/h3-11,15-17H,1-2H3. The first-order valence-corrected chi connectivity index (χ1v) is 8.08. The average molecular weight is 338 g/mol. The van der Waals surface area contributed by atoms with Crippen molar-refractivity contribution in [1.82, 2.24) is 5.06 Å². The maximum absolute atomic E-state index is 13.0.